The van der Waals surface area contributed by atoms with Crippen molar-refractivity contribution in [3.8, 4) is 0 Å². The van der Waals surface area contributed by atoms with Crippen LogP contribution in [-0.2, 0) is 40.4 Å². The number of carbonyl (C=O) groups excluding carboxylic acids is 3. The number of hydrogen-bond donors (Lipinski definition) is 0. The molecule has 0 spiro atoms. The van der Waals surface area contributed by atoms with Crippen LogP contribution in [0.25, 0.3) is 0 Å². The van der Waals surface area contributed by atoms with Gasteiger partial charge in [0.15, 0.2) is 0 Å². The van der Waals surface area contributed by atoms with Crippen molar-refractivity contribution in [3.63, 3.8) is 0 Å². The van der Waals surface area contributed by atoms with Crippen molar-refractivity contribution in [1.82, 2.24) is 0 Å². The Balaban J connectivity index is 4.31. The van der Waals surface area contributed by atoms with Gasteiger partial charge in [-0.1, -0.05) is 79.1 Å². The monoisotopic (exact) mass is 729 g/mol. The van der Waals surface area contributed by atoms with Crippen LogP contribution in [0.5, 0.6) is 0 Å². The predicted molar refractivity (Wildman–Crippen MR) is 202 cm³/mol. The molecule has 0 aliphatic carbocycles. The van der Waals surface area contributed by atoms with Gasteiger partial charge in [-0.05, 0) is 11.8 Å². The van der Waals surface area contributed by atoms with Crippen LogP contribution in [0.15, 0.2) is 12.7 Å². The molecule has 0 aromatic carbocycles. The Morgan fingerprint density at radius 2 is 0.714 bits per heavy atom. The van der Waals surface area contributed by atoms with E-state index in [-0.39, 0.29) is 12.8 Å². The molecule has 288 valence electrons. The third-order valence-corrected chi connectivity index (χ3v) is 16.8. The molecule has 7 heteroatoms. The molecule has 0 heterocycles. The number of unbranched alkanes of at least 4 members (excludes halogenated alkanes) is 22. The fourth-order valence-electron chi connectivity index (χ4n) is 6.54. The molecule has 6 nitrogen and oxygen atoms in total. The van der Waals surface area contributed by atoms with Crippen molar-refractivity contribution < 1.29 is 40.4 Å². The number of hydrogen-bond acceptors (Lipinski definition) is 6. The summed E-state index contributed by atoms with van der Waals surface area (Å²) in [5.41, 5.74) is 0. The van der Waals surface area contributed by atoms with Gasteiger partial charge in [0.25, 0.3) is 0 Å². The van der Waals surface area contributed by atoms with Crippen LogP contribution in [0.1, 0.15) is 221 Å². The van der Waals surface area contributed by atoms with Gasteiger partial charge in [-0.3, -0.25) is 0 Å². The summed E-state index contributed by atoms with van der Waals surface area (Å²) in [5, 5.41) is 0. The van der Waals surface area contributed by atoms with Gasteiger partial charge in [0.05, 0.1) is 0 Å². The van der Waals surface area contributed by atoms with Crippen molar-refractivity contribution in [2.75, 3.05) is 0 Å². The number of allylic oxidation sites excluding steroid dienone is 1. The van der Waals surface area contributed by atoms with E-state index in [1.165, 1.54) is 129 Å². The molecule has 0 atom stereocenters. The predicted octanol–water partition coefficient (Wildman–Crippen LogP) is 13.7. The molecule has 0 rings (SSSR count). The van der Waals surface area contributed by atoms with Gasteiger partial charge in [-0.2, -0.15) is 0 Å². The molecule has 0 amide bonds. The zero-order chi connectivity index (χ0) is 36.8. The SMILES string of the molecule is C=C[C](=O)[Ti](=[O])([O]C(=O)CCCCCCCCCCCCCCC(C)C)([O]C(=O)CCCCCCCCCCCCCCC(C)C)[CH](C)C. The van der Waals surface area contributed by atoms with Gasteiger partial charge in [-0.25, -0.2) is 0 Å². The topological polar surface area (TPSA) is 86.7 Å². The molecule has 49 heavy (non-hydrogen) atoms. The van der Waals surface area contributed by atoms with Gasteiger partial charge < -0.3 is 0 Å². The zero-order valence-corrected chi connectivity index (χ0v) is 34.8. The second kappa shape index (κ2) is 29.4. The first-order valence-electron chi connectivity index (χ1n) is 20.9. The molecule has 0 aliphatic heterocycles. The van der Waals surface area contributed by atoms with Crippen LogP contribution in [0.3, 0.4) is 0 Å². The van der Waals surface area contributed by atoms with Crippen LogP contribution in [0.4, 0.5) is 0 Å². The van der Waals surface area contributed by atoms with Gasteiger partial charge in [0.1, 0.15) is 0 Å². The fourth-order valence-corrected chi connectivity index (χ4v) is 10.8. The Hall–Kier alpha value is -1.14. The Bertz CT molecular complexity index is 883. The first-order chi connectivity index (χ1) is 23.4. The molecule has 0 saturated carbocycles. The third-order valence-electron chi connectivity index (χ3n) is 10.1. The summed E-state index contributed by atoms with van der Waals surface area (Å²) < 4.78 is 23.4. The van der Waals surface area contributed by atoms with Gasteiger partial charge in [-0.15, -0.1) is 0 Å². The van der Waals surface area contributed by atoms with Gasteiger partial charge in [0.2, 0.25) is 0 Å². The summed E-state index contributed by atoms with van der Waals surface area (Å²) >= 11 is -6.41. The molecule has 0 aromatic heterocycles. The quantitative estimate of drug-likeness (QED) is 0.0367. The normalized spacial score (nSPS) is 12.2. The summed E-state index contributed by atoms with van der Waals surface area (Å²) in [6.07, 6.45) is 31.8. The molecule has 0 aromatic rings. The van der Waals surface area contributed by atoms with Crippen molar-refractivity contribution in [1.29, 1.82) is 0 Å². The van der Waals surface area contributed by atoms with E-state index in [4.69, 9.17) is 6.64 Å². The van der Waals surface area contributed by atoms with E-state index >= 15 is 0 Å². The van der Waals surface area contributed by atoms with E-state index < -0.39 is 36.3 Å². The Kier molecular flexibility index (Phi) is 28.8. The Labute approximate surface area is 305 Å². The average molecular weight is 729 g/mol. The summed E-state index contributed by atoms with van der Waals surface area (Å²) in [6, 6.07) is 0. The van der Waals surface area contributed by atoms with Crippen molar-refractivity contribution >= 4 is 16.0 Å². The zero-order valence-electron chi connectivity index (χ0n) is 33.3. The number of carbonyl (C=O) groups is 3. The molecule has 0 fully saturated rings. The minimum absolute atomic E-state index is 0.0470. The van der Waals surface area contributed by atoms with E-state index in [1.54, 1.807) is 0 Å². The molecule has 0 unspecified atom stereocenters. The standard InChI is InChI=1S/2C18H36O2.C3H3O.C3H7.O.Ti/c2*1-17(2)15-13-11-9-7-5-3-4-6-8-10-12-14-16-18(19)20;1-2-3-4;1-3-2;;/h2*17H,3-16H2,1-2H3,(H,19,20);2H,1H2;3H,1-2H3;;/q;;;;;+2/p-2. The Morgan fingerprint density at radius 1 is 0.469 bits per heavy atom. The first-order valence-corrected chi connectivity index (χ1v) is 24.5. The Morgan fingerprint density at radius 3 is 0.939 bits per heavy atom. The molecule has 0 radical (unpaired) electrons. The van der Waals surface area contributed by atoms with Crippen molar-refractivity contribution in [3.05, 3.63) is 12.7 Å². The van der Waals surface area contributed by atoms with E-state index in [2.05, 4.69) is 34.3 Å². The van der Waals surface area contributed by atoms with E-state index in [9.17, 15) is 17.7 Å². The van der Waals surface area contributed by atoms with E-state index in [0.717, 1.165) is 56.4 Å². The average Bonchev–Trinajstić information content (AvgIpc) is 3.04. The van der Waals surface area contributed by atoms with Crippen LogP contribution in [0, 0.1) is 11.8 Å². The third kappa shape index (κ3) is 23.9. The van der Waals surface area contributed by atoms with Crippen LogP contribution in [0.2, 0.25) is 4.22 Å². The van der Waals surface area contributed by atoms with Crippen LogP contribution >= 0.6 is 0 Å². The maximum absolute atomic E-state index is 14.3. The van der Waals surface area contributed by atoms with Crippen molar-refractivity contribution in [2.45, 2.75) is 226 Å². The molecular formula is C42H80O6Ti. The minimum atomic E-state index is -6.41. The maximum atomic E-state index is 14.3. The molecule has 0 bridgehead atoms. The molecule has 0 N–H and O–H groups in total. The van der Waals surface area contributed by atoms with Crippen LogP contribution in [-0.4, -0.2) is 16.0 Å². The second-order valence-electron chi connectivity index (χ2n) is 16.1. The summed E-state index contributed by atoms with van der Waals surface area (Å²) in [6.45, 7) is 15.7. The molecular weight excluding hydrogens is 648 g/mol. The van der Waals surface area contributed by atoms with E-state index in [0.29, 0.717) is 12.8 Å². The molecule has 0 aliphatic rings. The van der Waals surface area contributed by atoms with Gasteiger partial charge in [0, 0.05) is 0 Å². The summed E-state index contributed by atoms with van der Waals surface area (Å²) in [5.74, 6) is 0.162. The summed E-state index contributed by atoms with van der Waals surface area (Å²) in [4.78, 5) is 38.7. The molecule has 0 saturated heterocycles. The van der Waals surface area contributed by atoms with Crippen LogP contribution < -0.4 is 0 Å². The second-order valence-corrected chi connectivity index (χ2v) is 22.6. The number of rotatable bonds is 35. The van der Waals surface area contributed by atoms with Crippen molar-refractivity contribution in [2.24, 2.45) is 11.8 Å². The van der Waals surface area contributed by atoms with E-state index in [1.807, 2.05) is 0 Å². The fraction of sp³-hybridized carbons (Fsp3) is 0.881. The summed E-state index contributed by atoms with van der Waals surface area (Å²) in [7, 11) is 0. The van der Waals surface area contributed by atoms with Gasteiger partial charge >= 0.3 is 216 Å². The first kappa shape index (κ1) is 47.9.